The number of nitrogens with one attached hydrogen (secondary N) is 1. The molecular weight excluding hydrogens is 307 g/mol. The van der Waals surface area contributed by atoms with Gasteiger partial charge in [-0.05, 0) is 18.2 Å². The van der Waals surface area contributed by atoms with Crippen LogP contribution in [-0.2, 0) is 11.3 Å². The summed E-state index contributed by atoms with van der Waals surface area (Å²) >= 11 is 9.27. The predicted octanol–water partition coefficient (Wildman–Crippen LogP) is 2.33. The van der Waals surface area contributed by atoms with E-state index in [-0.39, 0.29) is 12.5 Å². The van der Waals surface area contributed by atoms with Gasteiger partial charge in [0, 0.05) is 4.47 Å². The molecule has 0 saturated carbocycles. The molecular formula is C10H8BrClN4O. The van der Waals surface area contributed by atoms with Gasteiger partial charge >= 0.3 is 0 Å². The highest BCUT2D eigenvalue weighted by Crippen LogP contribution is 2.25. The van der Waals surface area contributed by atoms with E-state index in [1.54, 1.807) is 22.8 Å². The smallest absolute Gasteiger partial charge is 0.244 e. The van der Waals surface area contributed by atoms with Gasteiger partial charge in [0.25, 0.3) is 0 Å². The summed E-state index contributed by atoms with van der Waals surface area (Å²) in [4.78, 5) is 11.7. The molecule has 1 aromatic carbocycles. The number of aromatic nitrogens is 3. The van der Waals surface area contributed by atoms with Crippen LogP contribution >= 0.6 is 27.5 Å². The molecule has 88 valence electrons. The minimum atomic E-state index is -0.186. The molecule has 0 bridgehead atoms. The highest BCUT2D eigenvalue weighted by molar-refractivity contribution is 9.10. The Bertz CT molecular complexity index is 529. The number of nitrogens with zero attached hydrogens (tertiary/aromatic N) is 3. The molecule has 1 N–H and O–H groups in total. The second-order valence-corrected chi connectivity index (χ2v) is 4.63. The van der Waals surface area contributed by atoms with Gasteiger partial charge in [-0.3, -0.25) is 4.79 Å². The summed E-state index contributed by atoms with van der Waals surface area (Å²) in [5, 5.41) is 10.4. The van der Waals surface area contributed by atoms with E-state index < -0.39 is 0 Å². The molecule has 5 nitrogen and oxygen atoms in total. The fourth-order valence-corrected chi connectivity index (χ4v) is 1.97. The van der Waals surface area contributed by atoms with Gasteiger partial charge in [-0.25, -0.2) is 0 Å². The van der Waals surface area contributed by atoms with Crippen LogP contribution in [0.2, 0.25) is 5.02 Å². The summed E-state index contributed by atoms with van der Waals surface area (Å²) < 4.78 is 2.43. The lowest BCUT2D eigenvalue weighted by molar-refractivity contribution is -0.116. The zero-order valence-corrected chi connectivity index (χ0v) is 10.9. The molecule has 0 aliphatic carbocycles. The maximum Gasteiger partial charge on any atom is 0.244 e. The minimum absolute atomic E-state index is 0.152. The van der Waals surface area contributed by atoms with Crippen molar-refractivity contribution in [1.82, 2.24) is 14.8 Å². The number of hydrogen-bond acceptors (Lipinski definition) is 3. The summed E-state index contributed by atoms with van der Waals surface area (Å²) in [6.07, 6.45) is 2.95. The van der Waals surface area contributed by atoms with E-state index >= 15 is 0 Å². The number of carbonyl (C=O) groups is 1. The van der Waals surface area contributed by atoms with Crippen LogP contribution in [0.1, 0.15) is 0 Å². The number of hydrogen-bond donors (Lipinski definition) is 1. The Morgan fingerprint density at radius 2 is 2.12 bits per heavy atom. The van der Waals surface area contributed by atoms with Crippen LogP contribution in [0.3, 0.4) is 0 Å². The van der Waals surface area contributed by atoms with E-state index in [0.29, 0.717) is 10.7 Å². The molecule has 2 aromatic rings. The first kappa shape index (κ1) is 12.1. The van der Waals surface area contributed by atoms with Gasteiger partial charge in [-0.1, -0.05) is 27.5 Å². The highest BCUT2D eigenvalue weighted by Gasteiger charge is 2.06. The lowest BCUT2D eigenvalue weighted by Gasteiger charge is -2.07. The molecule has 1 heterocycles. The standard InChI is InChI=1S/C10H8BrClN4O/c11-7-1-2-9(8(12)3-7)15-10(17)4-16-5-13-14-6-16/h1-3,5-6H,4H2,(H,15,17). The van der Waals surface area contributed by atoms with Crippen LogP contribution in [-0.4, -0.2) is 20.7 Å². The van der Waals surface area contributed by atoms with Crippen LogP contribution in [0.15, 0.2) is 35.3 Å². The van der Waals surface area contributed by atoms with Crippen molar-refractivity contribution in [2.24, 2.45) is 0 Å². The van der Waals surface area contributed by atoms with E-state index in [1.807, 2.05) is 0 Å². The predicted molar refractivity (Wildman–Crippen MR) is 67.8 cm³/mol. The fraction of sp³-hybridized carbons (Fsp3) is 0.100. The van der Waals surface area contributed by atoms with E-state index in [4.69, 9.17) is 11.6 Å². The second-order valence-electron chi connectivity index (χ2n) is 3.31. The van der Waals surface area contributed by atoms with Crippen molar-refractivity contribution in [1.29, 1.82) is 0 Å². The van der Waals surface area contributed by atoms with Gasteiger partial charge in [-0.2, -0.15) is 0 Å². The van der Waals surface area contributed by atoms with E-state index in [2.05, 4.69) is 31.4 Å². The summed E-state index contributed by atoms with van der Waals surface area (Å²) in [5.41, 5.74) is 0.577. The van der Waals surface area contributed by atoms with Crippen molar-refractivity contribution in [2.45, 2.75) is 6.54 Å². The maximum atomic E-state index is 11.7. The molecule has 0 atom stereocenters. The maximum absolute atomic E-state index is 11.7. The van der Waals surface area contributed by atoms with Crippen LogP contribution < -0.4 is 5.32 Å². The lowest BCUT2D eigenvalue weighted by atomic mass is 10.3. The Morgan fingerprint density at radius 1 is 1.41 bits per heavy atom. The summed E-state index contributed by atoms with van der Waals surface area (Å²) in [5.74, 6) is -0.186. The first-order chi connectivity index (χ1) is 8.15. The average Bonchev–Trinajstić information content (AvgIpc) is 2.75. The van der Waals surface area contributed by atoms with Crippen molar-refractivity contribution in [3.63, 3.8) is 0 Å². The Balaban J connectivity index is 2.03. The number of halogens is 2. The summed E-state index contributed by atoms with van der Waals surface area (Å²) in [6.45, 7) is 0.152. The molecule has 0 unspecified atom stereocenters. The van der Waals surface area contributed by atoms with Crippen molar-refractivity contribution in [3.8, 4) is 0 Å². The Kier molecular flexibility index (Phi) is 3.75. The first-order valence-corrected chi connectivity index (χ1v) is 5.89. The minimum Gasteiger partial charge on any atom is -0.323 e. The van der Waals surface area contributed by atoms with Crippen molar-refractivity contribution < 1.29 is 4.79 Å². The molecule has 1 aromatic heterocycles. The van der Waals surface area contributed by atoms with Gasteiger partial charge in [0.1, 0.15) is 19.2 Å². The average molecular weight is 316 g/mol. The van der Waals surface area contributed by atoms with Crippen LogP contribution in [0.25, 0.3) is 0 Å². The van der Waals surface area contributed by atoms with E-state index in [0.717, 1.165) is 4.47 Å². The molecule has 17 heavy (non-hydrogen) atoms. The molecule has 0 aliphatic heterocycles. The molecule has 2 rings (SSSR count). The van der Waals surface area contributed by atoms with Crippen molar-refractivity contribution in [2.75, 3.05) is 5.32 Å². The largest absolute Gasteiger partial charge is 0.323 e. The number of amides is 1. The SMILES string of the molecule is O=C(Cn1cnnc1)Nc1ccc(Br)cc1Cl. The molecule has 0 spiro atoms. The number of rotatable bonds is 3. The van der Waals surface area contributed by atoms with Gasteiger partial charge in [0.2, 0.25) is 5.91 Å². The lowest BCUT2D eigenvalue weighted by Crippen LogP contribution is -2.18. The molecule has 0 radical (unpaired) electrons. The van der Waals surface area contributed by atoms with Gasteiger partial charge in [0.15, 0.2) is 0 Å². The quantitative estimate of drug-likeness (QED) is 0.945. The summed E-state index contributed by atoms with van der Waals surface area (Å²) in [7, 11) is 0. The molecule has 0 aliphatic rings. The molecule has 1 amide bonds. The monoisotopic (exact) mass is 314 g/mol. The number of carbonyl (C=O) groups excluding carboxylic acids is 1. The zero-order chi connectivity index (χ0) is 12.3. The third-order valence-electron chi connectivity index (χ3n) is 2.00. The Morgan fingerprint density at radius 3 is 2.76 bits per heavy atom. The normalized spacial score (nSPS) is 10.2. The Labute approximate surface area is 111 Å². The zero-order valence-electron chi connectivity index (χ0n) is 8.60. The number of benzene rings is 1. The first-order valence-electron chi connectivity index (χ1n) is 4.72. The fourth-order valence-electron chi connectivity index (χ4n) is 1.25. The van der Waals surface area contributed by atoms with Crippen LogP contribution in [0, 0.1) is 0 Å². The highest BCUT2D eigenvalue weighted by atomic mass is 79.9. The van der Waals surface area contributed by atoms with Crippen molar-refractivity contribution in [3.05, 3.63) is 40.3 Å². The van der Waals surface area contributed by atoms with Crippen LogP contribution in [0.5, 0.6) is 0 Å². The third-order valence-corrected chi connectivity index (χ3v) is 2.80. The molecule has 0 fully saturated rings. The van der Waals surface area contributed by atoms with E-state index in [1.165, 1.54) is 12.7 Å². The number of anilines is 1. The molecule has 0 saturated heterocycles. The Hall–Kier alpha value is -1.40. The third kappa shape index (κ3) is 3.28. The topological polar surface area (TPSA) is 59.8 Å². The van der Waals surface area contributed by atoms with Gasteiger partial charge < -0.3 is 9.88 Å². The van der Waals surface area contributed by atoms with E-state index in [9.17, 15) is 4.79 Å². The van der Waals surface area contributed by atoms with Gasteiger partial charge in [0.05, 0.1) is 10.7 Å². The summed E-state index contributed by atoms with van der Waals surface area (Å²) in [6, 6.07) is 5.26. The van der Waals surface area contributed by atoms with Crippen molar-refractivity contribution >= 4 is 39.1 Å². The second kappa shape index (κ2) is 5.29. The molecule has 7 heteroatoms. The van der Waals surface area contributed by atoms with Crippen LogP contribution in [0.4, 0.5) is 5.69 Å². The van der Waals surface area contributed by atoms with Gasteiger partial charge in [-0.15, -0.1) is 10.2 Å².